The Morgan fingerprint density at radius 3 is 2.50 bits per heavy atom. The number of amides is 2. The van der Waals surface area contributed by atoms with Crippen molar-refractivity contribution >= 4 is 18.0 Å². The van der Waals surface area contributed by atoms with Crippen LogP contribution in [-0.4, -0.2) is 47.9 Å². The molecule has 1 aliphatic heterocycles. The van der Waals surface area contributed by atoms with Crippen LogP contribution >= 0.6 is 0 Å². The van der Waals surface area contributed by atoms with Gasteiger partial charge in [-0.25, -0.2) is 4.79 Å². The number of hydrogen-bond donors (Lipinski definition) is 3. The van der Waals surface area contributed by atoms with Gasteiger partial charge < -0.3 is 25.2 Å². The third-order valence-corrected chi connectivity index (χ3v) is 9.50. The highest BCUT2D eigenvalue weighted by molar-refractivity contribution is 5.79. The Labute approximate surface area is 214 Å². The van der Waals surface area contributed by atoms with Crippen molar-refractivity contribution in [1.29, 1.82) is 0 Å². The second-order valence-corrected chi connectivity index (χ2v) is 12.9. The molecule has 8 nitrogen and oxygen atoms in total. The Balaban J connectivity index is 1.41. The Kier molecular flexibility index (Phi) is 7.23. The fraction of sp³-hybridized carbons (Fsp3) is 0.821. The first-order chi connectivity index (χ1) is 16.8. The Hall–Kier alpha value is -2.09. The maximum Gasteiger partial charge on any atom is 0.407 e. The van der Waals surface area contributed by atoms with Gasteiger partial charge in [-0.05, 0) is 88.0 Å². The van der Waals surface area contributed by atoms with E-state index in [1.54, 1.807) is 0 Å². The number of fused-ring (bicyclic) bond motifs is 4. The van der Waals surface area contributed by atoms with Crippen molar-refractivity contribution in [3.63, 3.8) is 0 Å². The number of allylic oxidation sites excluding steroid dienone is 2. The standard InChI is InChI=1S/C28H44N2O6/c1-16(23(32)29-13-14-30-25(34)36-26(2,3)4)18-7-8-19-22-20(10-12-27(18,19)5)28(6)11-9-17(31)15-21(28)24(33)35-22/h16-18,20-21,31H,7-15H2,1-6H3,(H,29,32)(H,30,34)/t16-,17-,18+,20-,21+,27+,28+/m0/s1. The van der Waals surface area contributed by atoms with E-state index >= 15 is 0 Å². The lowest BCUT2D eigenvalue weighted by Gasteiger charge is -2.54. The number of nitrogens with one attached hydrogen (secondary N) is 2. The normalized spacial score (nSPS) is 36.7. The van der Waals surface area contributed by atoms with E-state index in [0.717, 1.165) is 44.3 Å². The number of alkyl carbamates (subject to hydrolysis) is 1. The molecule has 0 spiro atoms. The summed E-state index contributed by atoms with van der Waals surface area (Å²) in [6.45, 7) is 12.5. The zero-order valence-electron chi connectivity index (χ0n) is 22.7. The van der Waals surface area contributed by atoms with Gasteiger partial charge in [-0.2, -0.15) is 0 Å². The second-order valence-electron chi connectivity index (χ2n) is 12.9. The fourth-order valence-electron chi connectivity index (χ4n) is 7.50. The molecule has 3 N–H and O–H groups in total. The van der Waals surface area contributed by atoms with E-state index in [0.29, 0.717) is 19.5 Å². The minimum absolute atomic E-state index is 0.0190. The summed E-state index contributed by atoms with van der Waals surface area (Å²) in [5.41, 5.74) is 0.332. The fourth-order valence-corrected chi connectivity index (χ4v) is 7.50. The van der Waals surface area contributed by atoms with Crippen LogP contribution < -0.4 is 10.6 Å². The van der Waals surface area contributed by atoms with E-state index in [1.165, 1.54) is 5.57 Å². The lowest BCUT2D eigenvalue weighted by atomic mass is 9.53. The van der Waals surface area contributed by atoms with Crippen LogP contribution in [0.25, 0.3) is 0 Å². The second kappa shape index (κ2) is 9.66. The largest absolute Gasteiger partial charge is 0.444 e. The summed E-state index contributed by atoms with van der Waals surface area (Å²) >= 11 is 0. The first kappa shape index (κ1) is 27.0. The van der Waals surface area contributed by atoms with Crippen LogP contribution in [0.5, 0.6) is 0 Å². The molecule has 7 atom stereocenters. The molecule has 2 amide bonds. The summed E-state index contributed by atoms with van der Waals surface area (Å²) in [6.07, 6.45) is 4.81. The molecule has 4 rings (SSSR count). The topological polar surface area (TPSA) is 114 Å². The molecule has 0 radical (unpaired) electrons. The molecule has 3 aliphatic carbocycles. The number of aliphatic hydroxyl groups excluding tert-OH is 1. The van der Waals surface area contributed by atoms with Gasteiger partial charge in [0, 0.05) is 24.9 Å². The third kappa shape index (κ3) is 4.90. The lowest BCUT2D eigenvalue weighted by Crippen LogP contribution is -2.53. The zero-order chi connectivity index (χ0) is 26.5. The highest BCUT2D eigenvalue weighted by Crippen LogP contribution is 2.64. The van der Waals surface area contributed by atoms with E-state index < -0.39 is 17.8 Å². The van der Waals surface area contributed by atoms with Gasteiger partial charge in [0.05, 0.1) is 12.0 Å². The average Bonchev–Trinajstić information content (AvgIpc) is 3.13. The number of rotatable bonds is 5. The summed E-state index contributed by atoms with van der Waals surface area (Å²) in [5.74, 6) is 0.602. The zero-order valence-corrected chi connectivity index (χ0v) is 22.7. The first-order valence-corrected chi connectivity index (χ1v) is 13.6. The van der Waals surface area contributed by atoms with Crippen molar-refractivity contribution < 1.29 is 29.0 Å². The molecule has 202 valence electrons. The monoisotopic (exact) mass is 504 g/mol. The van der Waals surface area contributed by atoms with Crippen molar-refractivity contribution in [2.45, 2.75) is 98.2 Å². The number of ether oxygens (including phenoxy) is 2. The predicted octanol–water partition coefficient (Wildman–Crippen LogP) is 4.07. The minimum atomic E-state index is -0.561. The number of hydrogen-bond acceptors (Lipinski definition) is 6. The summed E-state index contributed by atoms with van der Waals surface area (Å²) in [7, 11) is 0. The molecular formula is C28H44N2O6. The van der Waals surface area contributed by atoms with Crippen molar-refractivity contribution in [2.75, 3.05) is 13.1 Å². The summed E-state index contributed by atoms with van der Waals surface area (Å²) in [5, 5.41) is 15.8. The number of aliphatic hydroxyl groups is 1. The molecular weight excluding hydrogens is 460 g/mol. The maximum absolute atomic E-state index is 13.1. The molecule has 0 bridgehead atoms. The quantitative estimate of drug-likeness (QED) is 0.384. The van der Waals surface area contributed by atoms with Crippen LogP contribution in [0.15, 0.2) is 11.3 Å². The van der Waals surface area contributed by atoms with Crippen molar-refractivity contribution in [3.05, 3.63) is 11.3 Å². The smallest absolute Gasteiger partial charge is 0.407 e. The number of carbonyl (C=O) groups excluding carboxylic acids is 3. The highest BCUT2D eigenvalue weighted by Gasteiger charge is 2.60. The number of esters is 1. The van der Waals surface area contributed by atoms with Crippen LogP contribution in [0.4, 0.5) is 4.79 Å². The highest BCUT2D eigenvalue weighted by atomic mass is 16.6. The summed E-state index contributed by atoms with van der Waals surface area (Å²) < 4.78 is 11.3. The van der Waals surface area contributed by atoms with E-state index in [4.69, 9.17) is 9.47 Å². The molecule has 36 heavy (non-hydrogen) atoms. The van der Waals surface area contributed by atoms with Crippen LogP contribution in [0.3, 0.4) is 0 Å². The van der Waals surface area contributed by atoms with E-state index in [1.807, 2.05) is 27.7 Å². The third-order valence-electron chi connectivity index (χ3n) is 9.50. The molecule has 2 saturated carbocycles. The molecule has 4 aliphatic rings. The van der Waals surface area contributed by atoms with Crippen LogP contribution in [0.1, 0.15) is 86.5 Å². The van der Waals surface area contributed by atoms with Crippen molar-refractivity contribution in [3.8, 4) is 0 Å². The minimum Gasteiger partial charge on any atom is -0.444 e. The Morgan fingerprint density at radius 2 is 1.81 bits per heavy atom. The molecule has 0 aromatic rings. The van der Waals surface area contributed by atoms with Gasteiger partial charge in [0.25, 0.3) is 0 Å². The van der Waals surface area contributed by atoms with E-state index in [2.05, 4.69) is 24.5 Å². The van der Waals surface area contributed by atoms with Gasteiger partial charge in [-0.15, -0.1) is 0 Å². The first-order valence-electron chi connectivity index (χ1n) is 13.6. The Bertz CT molecular complexity index is 939. The SMILES string of the molecule is C[C@H](C(=O)NCCNC(=O)OC(C)(C)C)[C@H]1CCC2=C3OC(=O)[C@H]4C[C@@H](O)CC[C@]4(C)[C@H]3CC[C@@]21C. The molecule has 0 aromatic heterocycles. The summed E-state index contributed by atoms with van der Waals surface area (Å²) in [4.78, 5) is 37.9. The molecule has 8 heteroatoms. The molecule has 1 heterocycles. The van der Waals surface area contributed by atoms with Gasteiger partial charge in [-0.1, -0.05) is 20.8 Å². The lowest BCUT2D eigenvalue weighted by molar-refractivity contribution is -0.170. The summed E-state index contributed by atoms with van der Waals surface area (Å²) in [6, 6.07) is 0. The van der Waals surface area contributed by atoms with Gasteiger partial charge in [0.2, 0.25) is 5.91 Å². The van der Waals surface area contributed by atoms with Crippen LogP contribution in [0, 0.1) is 34.5 Å². The molecule has 0 aromatic carbocycles. The molecule has 1 saturated heterocycles. The van der Waals surface area contributed by atoms with Gasteiger partial charge in [0.15, 0.2) is 0 Å². The van der Waals surface area contributed by atoms with Gasteiger partial charge >= 0.3 is 12.1 Å². The van der Waals surface area contributed by atoms with Gasteiger partial charge in [-0.3, -0.25) is 9.59 Å². The van der Waals surface area contributed by atoms with Crippen molar-refractivity contribution in [1.82, 2.24) is 10.6 Å². The molecule has 3 fully saturated rings. The maximum atomic E-state index is 13.1. The van der Waals surface area contributed by atoms with Gasteiger partial charge in [0.1, 0.15) is 11.4 Å². The van der Waals surface area contributed by atoms with E-state index in [9.17, 15) is 19.5 Å². The molecule has 0 unspecified atom stereocenters. The average molecular weight is 505 g/mol. The van der Waals surface area contributed by atoms with Crippen LogP contribution in [0.2, 0.25) is 0 Å². The Morgan fingerprint density at radius 1 is 1.11 bits per heavy atom. The van der Waals surface area contributed by atoms with E-state index in [-0.39, 0.29) is 46.4 Å². The number of carbonyl (C=O) groups is 3. The van der Waals surface area contributed by atoms with Crippen molar-refractivity contribution in [2.24, 2.45) is 34.5 Å². The van der Waals surface area contributed by atoms with Crippen LogP contribution in [-0.2, 0) is 19.1 Å². The predicted molar refractivity (Wildman–Crippen MR) is 135 cm³/mol.